The van der Waals surface area contributed by atoms with Crippen LogP contribution in [0.25, 0.3) is 10.9 Å². The van der Waals surface area contributed by atoms with Crippen molar-refractivity contribution in [3.05, 3.63) is 58.2 Å². The second kappa shape index (κ2) is 4.31. The number of aryl methyl sites for hydroxylation is 1. The van der Waals surface area contributed by atoms with Crippen LogP contribution in [-0.4, -0.2) is 15.8 Å². The summed E-state index contributed by atoms with van der Waals surface area (Å²) in [6.45, 7) is 1.85. The minimum atomic E-state index is 0.0163. The lowest BCUT2D eigenvalue weighted by Crippen LogP contribution is -2.00. The molecule has 3 nitrogen and oxygen atoms in total. The molecular weight excluding hydrogens is 244 g/mol. The van der Waals surface area contributed by atoms with Crippen molar-refractivity contribution < 1.29 is 4.79 Å². The standard InChI is InChI=1S/C14H10N2OS/c1-9-14(18-8-16-9)13(17)11-5-4-10-3-2-6-15-12(10)7-11/h2-8H,1H3. The molecule has 0 saturated heterocycles. The number of carbonyl (C=O) groups is 1. The van der Waals surface area contributed by atoms with E-state index in [9.17, 15) is 4.79 Å². The van der Waals surface area contributed by atoms with E-state index in [2.05, 4.69) is 9.97 Å². The number of fused-ring (bicyclic) bond motifs is 1. The second-order valence-corrected chi connectivity index (χ2v) is 4.86. The Kier molecular flexibility index (Phi) is 2.64. The van der Waals surface area contributed by atoms with Gasteiger partial charge in [0.1, 0.15) is 0 Å². The number of benzene rings is 1. The van der Waals surface area contributed by atoms with E-state index in [4.69, 9.17) is 0 Å². The number of ketones is 1. The first-order chi connectivity index (χ1) is 8.75. The maximum absolute atomic E-state index is 12.3. The Bertz CT molecular complexity index is 733. The van der Waals surface area contributed by atoms with E-state index in [1.165, 1.54) is 11.3 Å². The highest BCUT2D eigenvalue weighted by Crippen LogP contribution is 2.20. The number of nitrogens with zero attached hydrogens (tertiary/aromatic N) is 2. The SMILES string of the molecule is Cc1ncsc1C(=O)c1ccc2cccnc2c1. The molecule has 3 aromatic rings. The lowest BCUT2D eigenvalue weighted by molar-refractivity contribution is 0.104. The van der Waals surface area contributed by atoms with Crippen molar-refractivity contribution in [2.75, 3.05) is 0 Å². The molecule has 2 heterocycles. The predicted octanol–water partition coefficient (Wildman–Crippen LogP) is 3.23. The maximum atomic E-state index is 12.3. The smallest absolute Gasteiger partial charge is 0.204 e. The molecule has 1 aromatic carbocycles. The number of hydrogen-bond donors (Lipinski definition) is 0. The van der Waals surface area contributed by atoms with Gasteiger partial charge in [0.15, 0.2) is 0 Å². The van der Waals surface area contributed by atoms with Gasteiger partial charge in [-0.25, -0.2) is 4.98 Å². The first-order valence-electron chi connectivity index (χ1n) is 5.55. The average Bonchev–Trinajstić information content (AvgIpc) is 2.83. The minimum Gasteiger partial charge on any atom is -0.288 e. The summed E-state index contributed by atoms with van der Waals surface area (Å²) in [5.74, 6) is 0.0163. The van der Waals surface area contributed by atoms with Gasteiger partial charge in [-0.2, -0.15) is 0 Å². The Morgan fingerprint density at radius 2 is 2.11 bits per heavy atom. The van der Waals surface area contributed by atoms with Crippen molar-refractivity contribution in [1.82, 2.24) is 9.97 Å². The quantitative estimate of drug-likeness (QED) is 0.659. The Morgan fingerprint density at radius 3 is 2.89 bits per heavy atom. The predicted molar refractivity (Wildman–Crippen MR) is 72.0 cm³/mol. The lowest BCUT2D eigenvalue weighted by Gasteiger charge is -2.01. The molecule has 0 unspecified atom stereocenters. The van der Waals surface area contributed by atoms with E-state index in [1.807, 2.05) is 37.3 Å². The third-order valence-corrected chi connectivity index (χ3v) is 3.75. The van der Waals surface area contributed by atoms with Gasteiger partial charge >= 0.3 is 0 Å². The summed E-state index contributed by atoms with van der Waals surface area (Å²) in [6.07, 6.45) is 1.73. The molecule has 2 aromatic heterocycles. The van der Waals surface area contributed by atoms with Crippen molar-refractivity contribution in [1.29, 1.82) is 0 Å². The Hall–Kier alpha value is -2.07. The highest BCUT2D eigenvalue weighted by atomic mass is 32.1. The Labute approximate surface area is 108 Å². The molecule has 0 radical (unpaired) electrons. The fraction of sp³-hybridized carbons (Fsp3) is 0.0714. The maximum Gasteiger partial charge on any atom is 0.204 e. The lowest BCUT2D eigenvalue weighted by atomic mass is 10.1. The second-order valence-electron chi connectivity index (χ2n) is 4.01. The Balaban J connectivity index is 2.10. The number of hydrogen-bond acceptors (Lipinski definition) is 4. The third-order valence-electron chi connectivity index (χ3n) is 2.82. The van der Waals surface area contributed by atoms with E-state index in [0.29, 0.717) is 10.4 Å². The van der Waals surface area contributed by atoms with Gasteiger partial charge in [-0.3, -0.25) is 9.78 Å². The zero-order valence-corrected chi connectivity index (χ0v) is 10.6. The van der Waals surface area contributed by atoms with Crippen LogP contribution in [0.1, 0.15) is 20.9 Å². The van der Waals surface area contributed by atoms with Crippen molar-refractivity contribution >= 4 is 28.0 Å². The molecule has 88 valence electrons. The summed E-state index contributed by atoms with van der Waals surface area (Å²) >= 11 is 1.38. The van der Waals surface area contributed by atoms with Gasteiger partial charge in [0.25, 0.3) is 0 Å². The van der Waals surface area contributed by atoms with E-state index in [0.717, 1.165) is 16.6 Å². The van der Waals surface area contributed by atoms with E-state index >= 15 is 0 Å². The normalized spacial score (nSPS) is 10.7. The monoisotopic (exact) mass is 254 g/mol. The number of carbonyl (C=O) groups excluding carboxylic acids is 1. The van der Waals surface area contributed by atoms with Crippen LogP contribution in [0.4, 0.5) is 0 Å². The molecule has 0 spiro atoms. The van der Waals surface area contributed by atoms with E-state index in [-0.39, 0.29) is 5.78 Å². The van der Waals surface area contributed by atoms with Gasteiger partial charge in [0.2, 0.25) is 5.78 Å². The van der Waals surface area contributed by atoms with E-state index < -0.39 is 0 Å². The summed E-state index contributed by atoms with van der Waals surface area (Å²) in [6, 6.07) is 9.46. The topological polar surface area (TPSA) is 42.9 Å². The van der Waals surface area contributed by atoms with Gasteiger partial charge in [0, 0.05) is 17.1 Å². The molecule has 0 aliphatic rings. The molecule has 0 atom stereocenters. The molecule has 0 aliphatic heterocycles. The molecule has 0 bridgehead atoms. The first-order valence-corrected chi connectivity index (χ1v) is 6.43. The molecule has 0 amide bonds. The first kappa shape index (κ1) is 11.0. The van der Waals surface area contributed by atoms with Gasteiger partial charge in [-0.1, -0.05) is 18.2 Å². The Morgan fingerprint density at radius 1 is 1.22 bits per heavy atom. The molecule has 4 heteroatoms. The van der Waals surface area contributed by atoms with Gasteiger partial charge in [-0.15, -0.1) is 11.3 Å². The zero-order chi connectivity index (χ0) is 12.5. The summed E-state index contributed by atoms with van der Waals surface area (Å²) in [5.41, 5.74) is 3.98. The van der Waals surface area contributed by atoms with Crippen LogP contribution < -0.4 is 0 Å². The van der Waals surface area contributed by atoms with Gasteiger partial charge in [0.05, 0.1) is 21.6 Å². The number of pyridine rings is 1. The molecule has 0 fully saturated rings. The van der Waals surface area contributed by atoms with E-state index in [1.54, 1.807) is 11.7 Å². The van der Waals surface area contributed by atoms with Crippen LogP contribution in [0.5, 0.6) is 0 Å². The summed E-state index contributed by atoms with van der Waals surface area (Å²) in [4.78, 5) is 21.4. The van der Waals surface area contributed by atoms with Crippen molar-refractivity contribution in [2.45, 2.75) is 6.92 Å². The van der Waals surface area contributed by atoms with Gasteiger partial charge in [-0.05, 0) is 19.1 Å². The van der Waals surface area contributed by atoms with Crippen LogP contribution in [0.2, 0.25) is 0 Å². The highest BCUT2D eigenvalue weighted by Gasteiger charge is 2.14. The van der Waals surface area contributed by atoms with Crippen LogP contribution in [-0.2, 0) is 0 Å². The van der Waals surface area contributed by atoms with Crippen LogP contribution in [0, 0.1) is 6.92 Å². The molecular formula is C14H10N2OS. The molecule has 18 heavy (non-hydrogen) atoms. The van der Waals surface area contributed by atoms with Crippen molar-refractivity contribution in [3.63, 3.8) is 0 Å². The summed E-state index contributed by atoms with van der Waals surface area (Å²) in [7, 11) is 0. The van der Waals surface area contributed by atoms with Crippen LogP contribution >= 0.6 is 11.3 Å². The number of rotatable bonds is 2. The highest BCUT2D eigenvalue weighted by molar-refractivity contribution is 7.12. The summed E-state index contributed by atoms with van der Waals surface area (Å²) in [5, 5.41) is 1.04. The number of thiazole rings is 1. The largest absolute Gasteiger partial charge is 0.288 e. The minimum absolute atomic E-state index is 0.0163. The fourth-order valence-corrected chi connectivity index (χ4v) is 2.62. The fourth-order valence-electron chi connectivity index (χ4n) is 1.86. The molecule has 0 aliphatic carbocycles. The molecule has 0 N–H and O–H groups in total. The average molecular weight is 254 g/mol. The molecule has 0 saturated carbocycles. The van der Waals surface area contributed by atoms with Crippen LogP contribution in [0.15, 0.2) is 42.0 Å². The van der Waals surface area contributed by atoms with Gasteiger partial charge < -0.3 is 0 Å². The molecule has 3 rings (SSSR count). The number of aromatic nitrogens is 2. The zero-order valence-electron chi connectivity index (χ0n) is 9.75. The van der Waals surface area contributed by atoms with Crippen molar-refractivity contribution in [3.8, 4) is 0 Å². The summed E-state index contributed by atoms with van der Waals surface area (Å²) < 4.78 is 0. The van der Waals surface area contributed by atoms with Crippen LogP contribution in [0.3, 0.4) is 0 Å². The van der Waals surface area contributed by atoms with Crippen molar-refractivity contribution in [2.24, 2.45) is 0 Å². The third kappa shape index (κ3) is 1.80.